The maximum absolute atomic E-state index is 14.3. The Kier molecular flexibility index (Phi) is 10.7. The first kappa shape index (κ1) is 33.8. The second-order valence-electron chi connectivity index (χ2n) is 11.8. The van der Waals surface area contributed by atoms with Gasteiger partial charge < -0.3 is 34.6 Å². The standard InChI is InChI=1S/C34H39ClN2O8/c1-20-21(12-15-30(40)41)8-6-10-25(20)36-29(39)17-28-33(42)37(18-34(2,3)19-38)26-14-13-22(35)16-24(26)31(45-28)23-9-7-11-27(43-4)32(23)44-5/h6-11,13-14,16,28,31,38H,12,15,17-19H2,1-5H3,(H,36,39)(H,40,41)/t28-,31-/m1/s1. The van der Waals surface area contributed by atoms with Crippen LogP contribution >= 0.6 is 11.6 Å². The summed E-state index contributed by atoms with van der Waals surface area (Å²) >= 11 is 6.49. The predicted molar refractivity (Wildman–Crippen MR) is 171 cm³/mol. The van der Waals surface area contributed by atoms with E-state index in [-0.39, 0.29) is 26.0 Å². The van der Waals surface area contributed by atoms with Crippen LogP contribution in [0.4, 0.5) is 11.4 Å². The number of aliphatic hydroxyl groups excluding tert-OH is 1. The largest absolute Gasteiger partial charge is 0.493 e. The van der Waals surface area contributed by atoms with Crippen molar-refractivity contribution in [2.75, 3.05) is 37.6 Å². The molecule has 4 rings (SSSR count). The third-order valence-electron chi connectivity index (χ3n) is 7.83. The van der Waals surface area contributed by atoms with Gasteiger partial charge in [0, 0.05) is 52.5 Å². The van der Waals surface area contributed by atoms with Crippen molar-refractivity contribution in [2.24, 2.45) is 5.41 Å². The normalized spacial score (nSPS) is 16.5. The van der Waals surface area contributed by atoms with Gasteiger partial charge in [-0.05, 0) is 54.8 Å². The average Bonchev–Trinajstić information content (AvgIpc) is 3.11. The van der Waals surface area contributed by atoms with E-state index >= 15 is 0 Å². The van der Waals surface area contributed by atoms with E-state index in [0.29, 0.717) is 45.4 Å². The lowest BCUT2D eigenvalue weighted by Gasteiger charge is -2.32. The van der Waals surface area contributed by atoms with E-state index in [9.17, 15) is 19.5 Å². The number of nitrogens with one attached hydrogen (secondary N) is 1. The molecule has 0 saturated carbocycles. The number of carbonyl (C=O) groups excluding carboxylic acids is 2. The van der Waals surface area contributed by atoms with Crippen LogP contribution in [0, 0.1) is 12.3 Å². The van der Waals surface area contributed by atoms with Crippen LogP contribution in [-0.2, 0) is 25.5 Å². The molecule has 10 nitrogen and oxygen atoms in total. The molecule has 2 atom stereocenters. The summed E-state index contributed by atoms with van der Waals surface area (Å²) in [5.41, 5.74) is 3.07. The third-order valence-corrected chi connectivity index (χ3v) is 8.07. The number of aliphatic hydroxyl groups is 1. The SMILES string of the molecule is COc1cccc([C@H]2O[C@H](CC(=O)Nc3cccc(CCC(=O)O)c3C)C(=O)N(CC(C)(C)CO)c3ccc(Cl)cc32)c1OC. The Morgan fingerprint density at radius 1 is 1.07 bits per heavy atom. The van der Waals surface area contributed by atoms with Crippen LogP contribution in [0.3, 0.4) is 0 Å². The molecule has 3 aromatic rings. The zero-order valence-electron chi connectivity index (χ0n) is 26.1. The number of amides is 2. The van der Waals surface area contributed by atoms with Crippen molar-refractivity contribution in [3.8, 4) is 11.5 Å². The van der Waals surface area contributed by atoms with E-state index in [2.05, 4.69) is 5.32 Å². The lowest BCUT2D eigenvalue weighted by Crippen LogP contribution is -2.46. The van der Waals surface area contributed by atoms with Crippen LogP contribution in [0.25, 0.3) is 0 Å². The van der Waals surface area contributed by atoms with Gasteiger partial charge in [-0.15, -0.1) is 0 Å². The Morgan fingerprint density at radius 2 is 1.80 bits per heavy atom. The maximum atomic E-state index is 14.3. The van der Waals surface area contributed by atoms with Gasteiger partial charge >= 0.3 is 5.97 Å². The van der Waals surface area contributed by atoms with Crippen LogP contribution in [0.5, 0.6) is 11.5 Å². The Morgan fingerprint density at radius 3 is 2.47 bits per heavy atom. The number of aryl methyl sites for hydroxylation is 1. The molecule has 0 aromatic heterocycles. The number of anilines is 2. The molecule has 3 N–H and O–H groups in total. The number of para-hydroxylation sites is 1. The lowest BCUT2D eigenvalue weighted by molar-refractivity contribution is -0.137. The summed E-state index contributed by atoms with van der Waals surface area (Å²) in [7, 11) is 3.03. The fourth-order valence-corrected chi connectivity index (χ4v) is 5.59. The van der Waals surface area contributed by atoms with E-state index in [1.807, 2.05) is 26.8 Å². The van der Waals surface area contributed by atoms with Crippen molar-refractivity contribution >= 4 is 40.8 Å². The maximum Gasteiger partial charge on any atom is 0.303 e. The van der Waals surface area contributed by atoms with E-state index in [4.69, 9.17) is 30.9 Å². The van der Waals surface area contributed by atoms with Crippen LogP contribution in [0.15, 0.2) is 54.6 Å². The molecule has 0 spiro atoms. The second-order valence-corrected chi connectivity index (χ2v) is 12.2. The van der Waals surface area contributed by atoms with Crippen LogP contribution < -0.4 is 19.7 Å². The molecule has 0 aliphatic carbocycles. The minimum atomic E-state index is -1.23. The number of hydrogen-bond donors (Lipinski definition) is 3. The van der Waals surface area contributed by atoms with Gasteiger partial charge in [0.2, 0.25) is 5.91 Å². The minimum absolute atomic E-state index is 0.0393. The molecule has 240 valence electrons. The lowest BCUT2D eigenvalue weighted by atomic mass is 9.92. The minimum Gasteiger partial charge on any atom is -0.493 e. The Bertz CT molecular complexity index is 1570. The summed E-state index contributed by atoms with van der Waals surface area (Å²) in [6, 6.07) is 15.8. The number of carbonyl (C=O) groups is 3. The molecule has 0 fully saturated rings. The highest BCUT2D eigenvalue weighted by Gasteiger charge is 2.40. The number of carboxylic acid groups (broad SMARTS) is 1. The summed E-state index contributed by atoms with van der Waals surface area (Å²) in [6.45, 7) is 5.45. The molecule has 0 unspecified atom stereocenters. The Hall–Kier alpha value is -4.12. The first-order valence-corrected chi connectivity index (χ1v) is 14.9. The fourth-order valence-electron chi connectivity index (χ4n) is 5.41. The number of hydrogen-bond acceptors (Lipinski definition) is 7. The number of rotatable bonds is 12. The van der Waals surface area contributed by atoms with Gasteiger partial charge in [-0.1, -0.05) is 49.7 Å². The van der Waals surface area contributed by atoms with Gasteiger partial charge in [0.1, 0.15) is 12.2 Å². The molecule has 1 aliphatic heterocycles. The van der Waals surface area contributed by atoms with Crippen molar-refractivity contribution in [1.29, 1.82) is 0 Å². The molecule has 45 heavy (non-hydrogen) atoms. The van der Waals surface area contributed by atoms with E-state index in [1.54, 1.807) is 53.4 Å². The molecule has 0 saturated heterocycles. The van der Waals surface area contributed by atoms with Gasteiger partial charge in [-0.2, -0.15) is 0 Å². The molecule has 1 aliphatic rings. The van der Waals surface area contributed by atoms with Crippen LogP contribution in [-0.4, -0.2) is 61.5 Å². The molecule has 0 radical (unpaired) electrons. The van der Waals surface area contributed by atoms with Crippen molar-refractivity contribution in [3.63, 3.8) is 0 Å². The van der Waals surface area contributed by atoms with Gasteiger partial charge in [0.05, 0.1) is 20.6 Å². The van der Waals surface area contributed by atoms with Gasteiger partial charge in [-0.3, -0.25) is 14.4 Å². The molecule has 1 heterocycles. The number of fused-ring (bicyclic) bond motifs is 1. The number of halogens is 1. The van der Waals surface area contributed by atoms with Crippen LogP contribution in [0.1, 0.15) is 55.0 Å². The third kappa shape index (κ3) is 7.76. The highest BCUT2D eigenvalue weighted by Crippen LogP contribution is 2.45. The van der Waals surface area contributed by atoms with E-state index < -0.39 is 35.4 Å². The topological polar surface area (TPSA) is 135 Å². The monoisotopic (exact) mass is 638 g/mol. The fraction of sp³-hybridized carbons (Fsp3) is 0.382. The summed E-state index contributed by atoms with van der Waals surface area (Å²) < 4.78 is 17.8. The zero-order valence-corrected chi connectivity index (χ0v) is 26.8. The number of ether oxygens (including phenoxy) is 3. The Labute approximate surface area is 267 Å². The summed E-state index contributed by atoms with van der Waals surface area (Å²) in [5.74, 6) is -0.959. The Balaban J connectivity index is 1.77. The summed E-state index contributed by atoms with van der Waals surface area (Å²) in [6.07, 6.45) is -2.16. The number of carboxylic acids is 1. The second kappa shape index (κ2) is 14.3. The van der Waals surface area contributed by atoms with Gasteiger partial charge in [-0.25, -0.2) is 0 Å². The zero-order chi connectivity index (χ0) is 32.9. The van der Waals surface area contributed by atoms with Crippen molar-refractivity contribution in [1.82, 2.24) is 0 Å². The summed E-state index contributed by atoms with van der Waals surface area (Å²) in [5, 5.41) is 22.5. The van der Waals surface area contributed by atoms with E-state index in [1.165, 1.54) is 14.2 Å². The number of nitrogens with zero attached hydrogens (tertiary/aromatic N) is 1. The first-order valence-electron chi connectivity index (χ1n) is 14.6. The number of benzene rings is 3. The molecule has 3 aromatic carbocycles. The highest BCUT2D eigenvalue weighted by atomic mass is 35.5. The van der Waals surface area contributed by atoms with Crippen molar-refractivity contribution < 1.29 is 38.8 Å². The van der Waals surface area contributed by atoms with Crippen molar-refractivity contribution in [3.05, 3.63) is 81.9 Å². The molecular formula is C34H39ClN2O8. The smallest absolute Gasteiger partial charge is 0.303 e. The molecular weight excluding hydrogens is 600 g/mol. The predicted octanol–water partition coefficient (Wildman–Crippen LogP) is 5.55. The van der Waals surface area contributed by atoms with Crippen LogP contribution in [0.2, 0.25) is 5.02 Å². The summed E-state index contributed by atoms with van der Waals surface area (Å²) in [4.78, 5) is 40.5. The van der Waals surface area contributed by atoms with Gasteiger partial charge in [0.15, 0.2) is 11.5 Å². The van der Waals surface area contributed by atoms with Gasteiger partial charge in [0.25, 0.3) is 5.91 Å². The number of aliphatic carboxylic acids is 1. The molecule has 0 bridgehead atoms. The van der Waals surface area contributed by atoms with Crippen molar-refractivity contribution in [2.45, 2.75) is 52.2 Å². The quantitative estimate of drug-likeness (QED) is 0.235. The molecule has 2 amide bonds. The first-order chi connectivity index (χ1) is 21.4. The average molecular weight is 639 g/mol. The highest BCUT2D eigenvalue weighted by molar-refractivity contribution is 6.30. The molecule has 11 heteroatoms. The number of methoxy groups -OCH3 is 2. The van der Waals surface area contributed by atoms with E-state index in [0.717, 1.165) is 11.1 Å².